The van der Waals surface area contributed by atoms with Gasteiger partial charge in [0, 0.05) is 12.4 Å². The van der Waals surface area contributed by atoms with Crippen LogP contribution in [0.2, 0.25) is 5.02 Å². The molecule has 0 aliphatic rings. The highest BCUT2D eigenvalue weighted by Gasteiger charge is 2.24. The molecule has 0 aliphatic heterocycles. The summed E-state index contributed by atoms with van der Waals surface area (Å²) in [6, 6.07) is 6.05. The van der Waals surface area contributed by atoms with E-state index in [-0.39, 0.29) is 22.0 Å². The maximum absolute atomic E-state index is 12.5. The average Bonchev–Trinajstić information content (AvgIpc) is 2.92. The van der Waals surface area contributed by atoms with E-state index < -0.39 is 10.0 Å². The topological polar surface area (TPSA) is 74.1 Å². The highest BCUT2D eigenvalue weighted by Crippen LogP contribution is 2.25. The number of thiazole rings is 1. The van der Waals surface area contributed by atoms with Crippen LogP contribution in [0.5, 0.6) is 0 Å². The number of hydrogen-bond acceptors (Lipinski definition) is 5. The standard InChI is InChI=1S/C12H10ClN3O2S2/c1-16(6-10-7-19-8-15-10)20(17,18)12-4-9(5-14)2-3-11(12)13/h2-4,7-8H,6H2,1H3. The first-order chi connectivity index (χ1) is 9.45. The monoisotopic (exact) mass is 327 g/mol. The van der Waals surface area contributed by atoms with Crippen molar-refractivity contribution in [3.63, 3.8) is 0 Å². The number of nitrogens with zero attached hydrogens (tertiary/aromatic N) is 3. The van der Waals surface area contributed by atoms with Gasteiger partial charge in [-0.1, -0.05) is 11.6 Å². The molecule has 1 aromatic carbocycles. The molecule has 0 saturated heterocycles. The molecule has 0 atom stereocenters. The second kappa shape index (κ2) is 5.89. The Balaban J connectivity index is 2.37. The first-order valence-electron chi connectivity index (χ1n) is 5.48. The highest BCUT2D eigenvalue weighted by atomic mass is 35.5. The van der Waals surface area contributed by atoms with Gasteiger partial charge in [0.15, 0.2) is 0 Å². The number of hydrogen-bond donors (Lipinski definition) is 0. The molecule has 0 amide bonds. The van der Waals surface area contributed by atoms with Crippen molar-refractivity contribution in [3.05, 3.63) is 45.4 Å². The molecule has 20 heavy (non-hydrogen) atoms. The Bertz CT molecular complexity index is 752. The molecule has 2 aromatic rings. The molecule has 1 aromatic heterocycles. The van der Waals surface area contributed by atoms with Crippen molar-refractivity contribution < 1.29 is 8.42 Å². The molecular formula is C12H10ClN3O2S2. The summed E-state index contributed by atoms with van der Waals surface area (Å²) in [4.78, 5) is 3.97. The number of rotatable bonds is 4. The summed E-state index contributed by atoms with van der Waals surface area (Å²) in [7, 11) is -2.31. The number of nitriles is 1. The summed E-state index contributed by atoms with van der Waals surface area (Å²) in [5.41, 5.74) is 2.54. The molecule has 0 unspecified atom stereocenters. The van der Waals surface area contributed by atoms with Crippen molar-refractivity contribution >= 4 is 33.0 Å². The van der Waals surface area contributed by atoms with Crippen molar-refractivity contribution in [3.8, 4) is 6.07 Å². The zero-order valence-corrected chi connectivity index (χ0v) is 12.8. The van der Waals surface area contributed by atoms with Crippen molar-refractivity contribution in [2.24, 2.45) is 0 Å². The van der Waals surface area contributed by atoms with Gasteiger partial charge in [-0.2, -0.15) is 9.57 Å². The molecule has 0 fully saturated rings. The SMILES string of the molecule is CN(Cc1cscn1)S(=O)(=O)c1cc(C#N)ccc1Cl. The molecule has 2 rings (SSSR count). The van der Waals surface area contributed by atoms with Gasteiger partial charge in [-0.15, -0.1) is 11.3 Å². The van der Waals surface area contributed by atoms with E-state index in [1.54, 1.807) is 10.9 Å². The predicted molar refractivity (Wildman–Crippen MR) is 76.9 cm³/mol. The van der Waals surface area contributed by atoms with Crippen LogP contribution in [0.3, 0.4) is 0 Å². The molecule has 0 N–H and O–H groups in total. The lowest BCUT2D eigenvalue weighted by atomic mass is 10.2. The third kappa shape index (κ3) is 2.99. The lowest BCUT2D eigenvalue weighted by Crippen LogP contribution is -2.27. The number of halogens is 1. The van der Waals surface area contributed by atoms with Gasteiger partial charge in [-0.3, -0.25) is 0 Å². The van der Waals surface area contributed by atoms with Crippen molar-refractivity contribution in [2.75, 3.05) is 7.05 Å². The fraction of sp³-hybridized carbons (Fsp3) is 0.167. The van der Waals surface area contributed by atoms with Gasteiger partial charge in [-0.05, 0) is 18.2 Å². The van der Waals surface area contributed by atoms with E-state index in [2.05, 4.69) is 4.98 Å². The Kier molecular flexibility index (Phi) is 4.40. The first-order valence-corrected chi connectivity index (χ1v) is 8.24. The quantitative estimate of drug-likeness (QED) is 0.864. The van der Waals surface area contributed by atoms with Gasteiger partial charge in [-0.25, -0.2) is 13.4 Å². The van der Waals surface area contributed by atoms with Gasteiger partial charge >= 0.3 is 0 Å². The molecule has 0 radical (unpaired) electrons. The van der Waals surface area contributed by atoms with Gasteiger partial charge < -0.3 is 0 Å². The minimum Gasteiger partial charge on any atom is -0.248 e. The minimum atomic E-state index is -3.76. The van der Waals surface area contributed by atoms with E-state index in [0.29, 0.717) is 5.69 Å². The van der Waals surface area contributed by atoms with Crippen molar-refractivity contribution in [2.45, 2.75) is 11.4 Å². The van der Waals surface area contributed by atoms with Gasteiger partial charge in [0.2, 0.25) is 10.0 Å². The third-order valence-electron chi connectivity index (χ3n) is 2.62. The van der Waals surface area contributed by atoms with E-state index in [0.717, 1.165) is 4.31 Å². The second-order valence-electron chi connectivity index (χ2n) is 4.00. The van der Waals surface area contributed by atoms with E-state index in [4.69, 9.17) is 16.9 Å². The van der Waals surface area contributed by atoms with E-state index >= 15 is 0 Å². The first kappa shape index (κ1) is 14.9. The Morgan fingerprint density at radius 2 is 2.25 bits per heavy atom. The summed E-state index contributed by atoms with van der Waals surface area (Å²) in [5.74, 6) is 0. The van der Waals surface area contributed by atoms with Crippen LogP contribution in [0.1, 0.15) is 11.3 Å². The van der Waals surface area contributed by atoms with Crippen LogP contribution < -0.4 is 0 Å². The summed E-state index contributed by atoms with van der Waals surface area (Å²) in [6.45, 7) is 0.152. The fourth-order valence-electron chi connectivity index (χ4n) is 1.57. The summed E-state index contributed by atoms with van der Waals surface area (Å²) in [6.07, 6.45) is 0. The summed E-state index contributed by atoms with van der Waals surface area (Å²) in [5, 5.41) is 10.7. The van der Waals surface area contributed by atoms with Gasteiger partial charge in [0.25, 0.3) is 0 Å². The molecule has 0 saturated carbocycles. The Hall–Kier alpha value is -1.46. The number of benzene rings is 1. The Morgan fingerprint density at radius 1 is 1.50 bits per heavy atom. The van der Waals surface area contributed by atoms with Crippen LogP contribution in [0.15, 0.2) is 34.0 Å². The number of sulfonamides is 1. The smallest absolute Gasteiger partial charge is 0.244 e. The predicted octanol–water partition coefficient (Wildman–Crippen LogP) is 2.49. The van der Waals surface area contributed by atoms with Crippen LogP contribution >= 0.6 is 22.9 Å². The molecule has 0 spiro atoms. The van der Waals surface area contributed by atoms with Crippen LogP contribution in [0.25, 0.3) is 0 Å². The van der Waals surface area contributed by atoms with E-state index in [9.17, 15) is 8.42 Å². The van der Waals surface area contributed by atoms with E-state index in [1.165, 1.54) is 36.6 Å². The number of aromatic nitrogens is 1. The molecular weight excluding hydrogens is 318 g/mol. The Morgan fingerprint density at radius 3 is 2.85 bits per heavy atom. The Labute approximate surface area is 126 Å². The van der Waals surface area contributed by atoms with Crippen LogP contribution in [0, 0.1) is 11.3 Å². The average molecular weight is 328 g/mol. The lowest BCUT2D eigenvalue weighted by molar-refractivity contribution is 0.463. The minimum absolute atomic E-state index is 0.0732. The zero-order valence-electron chi connectivity index (χ0n) is 10.4. The fourth-order valence-corrected chi connectivity index (χ4v) is 3.76. The van der Waals surface area contributed by atoms with Crippen LogP contribution in [-0.4, -0.2) is 24.8 Å². The summed E-state index contributed by atoms with van der Waals surface area (Å²) >= 11 is 7.33. The molecule has 1 heterocycles. The highest BCUT2D eigenvalue weighted by molar-refractivity contribution is 7.89. The maximum Gasteiger partial charge on any atom is 0.244 e. The van der Waals surface area contributed by atoms with Crippen LogP contribution in [-0.2, 0) is 16.6 Å². The lowest BCUT2D eigenvalue weighted by Gasteiger charge is -2.17. The maximum atomic E-state index is 12.5. The molecule has 0 aliphatic carbocycles. The largest absolute Gasteiger partial charge is 0.248 e. The molecule has 5 nitrogen and oxygen atoms in total. The van der Waals surface area contributed by atoms with Crippen LogP contribution in [0.4, 0.5) is 0 Å². The second-order valence-corrected chi connectivity index (χ2v) is 7.14. The zero-order chi connectivity index (χ0) is 14.8. The van der Waals surface area contributed by atoms with Gasteiger partial charge in [0.1, 0.15) is 4.90 Å². The summed E-state index contributed by atoms with van der Waals surface area (Å²) < 4.78 is 26.1. The van der Waals surface area contributed by atoms with Gasteiger partial charge in [0.05, 0.1) is 34.4 Å². The van der Waals surface area contributed by atoms with E-state index in [1.807, 2.05) is 6.07 Å². The van der Waals surface area contributed by atoms with Crippen molar-refractivity contribution in [1.29, 1.82) is 5.26 Å². The normalized spacial score (nSPS) is 11.5. The van der Waals surface area contributed by atoms with Crippen molar-refractivity contribution in [1.82, 2.24) is 9.29 Å². The molecule has 8 heteroatoms. The molecule has 104 valence electrons. The molecule has 0 bridgehead atoms. The third-order valence-corrected chi connectivity index (χ3v) is 5.54.